The second-order valence-corrected chi connectivity index (χ2v) is 9.14. The molecule has 1 aromatic heterocycles. The number of nitrogens with zero attached hydrogens (tertiary/aromatic N) is 3. The third kappa shape index (κ3) is 3.88. The van der Waals surface area contributed by atoms with Gasteiger partial charge in [0.15, 0.2) is 5.52 Å². The van der Waals surface area contributed by atoms with Gasteiger partial charge in [0.1, 0.15) is 10.4 Å². The molecule has 4 rings (SSSR count). The first-order valence-corrected chi connectivity index (χ1v) is 11.0. The van der Waals surface area contributed by atoms with Gasteiger partial charge in [0.05, 0.1) is 12.0 Å². The topological polar surface area (TPSA) is 105 Å². The highest BCUT2D eigenvalue weighted by Gasteiger charge is 2.35. The maximum absolute atomic E-state index is 13.2. The minimum absolute atomic E-state index is 0.0509. The number of rotatable bonds is 5. The molecule has 2 heterocycles. The summed E-state index contributed by atoms with van der Waals surface area (Å²) in [7, 11) is -3.81. The van der Waals surface area contributed by atoms with E-state index in [0.717, 1.165) is 5.56 Å². The van der Waals surface area contributed by atoms with E-state index in [4.69, 9.17) is 0 Å². The van der Waals surface area contributed by atoms with Crippen LogP contribution in [-0.4, -0.2) is 42.0 Å². The zero-order chi connectivity index (χ0) is 20.4. The lowest BCUT2D eigenvalue weighted by atomic mass is 9.98. The molecule has 3 aromatic rings. The third-order valence-corrected chi connectivity index (χ3v) is 7.18. The molecule has 1 saturated heterocycles. The summed E-state index contributed by atoms with van der Waals surface area (Å²) < 4.78 is 32.4. The van der Waals surface area contributed by atoms with Crippen molar-refractivity contribution in [2.45, 2.75) is 30.7 Å². The summed E-state index contributed by atoms with van der Waals surface area (Å²) >= 11 is 0. The molecule has 152 valence electrons. The summed E-state index contributed by atoms with van der Waals surface area (Å²) in [6.07, 6.45) is 1.26. The predicted molar refractivity (Wildman–Crippen MR) is 106 cm³/mol. The molecule has 1 aliphatic heterocycles. The Morgan fingerprint density at radius 1 is 1.17 bits per heavy atom. The van der Waals surface area contributed by atoms with Crippen molar-refractivity contribution in [3.8, 4) is 0 Å². The molecule has 1 fully saturated rings. The molecule has 0 saturated carbocycles. The number of nitrogens with one attached hydrogen (secondary N) is 1. The van der Waals surface area contributed by atoms with E-state index in [1.165, 1.54) is 10.4 Å². The molecule has 0 aliphatic carbocycles. The standard InChI is InChI=1S/C20H22N4O4S/c1-14(15-7-3-2-4-8-15)21-20(25)16-9-6-12-24(13-16)29(26,27)18-11-5-10-17-19(18)23-28-22-17/h2-5,7-8,10-11,14,16H,6,9,12-13H2,1H3,(H,21,25)/t14-,16-/m0/s1. The number of carbonyl (C=O) groups excluding carboxylic acids is 1. The maximum atomic E-state index is 13.2. The van der Waals surface area contributed by atoms with Crippen molar-refractivity contribution in [1.82, 2.24) is 19.9 Å². The quantitative estimate of drug-likeness (QED) is 0.688. The molecule has 0 spiro atoms. The SMILES string of the molecule is C[C@H](NC(=O)[C@H]1CCCN(S(=O)(=O)c2cccc3nonc23)C1)c1ccccc1. The first kappa shape index (κ1) is 19.5. The van der Waals surface area contributed by atoms with Crippen LogP contribution in [0.1, 0.15) is 31.4 Å². The summed E-state index contributed by atoms with van der Waals surface area (Å²) in [6.45, 7) is 2.42. The molecule has 9 heteroatoms. The summed E-state index contributed by atoms with van der Waals surface area (Å²) in [5.74, 6) is -0.540. The van der Waals surface area contributed by atoms with Gasteiger partial charge in [-0.15, -0.1) is 0 Å². The molecular formula is C20H22N4O4S. The highest BCUT2D eigenvalue weighted by atomic mass is 32.2. The van der Waals surface area contributed by atoms with Gasteiger partial charge in [-0.2, -0.15) is 4.31 Å². The van der Waals surface area contributed by atoms with Gasteiger partial charge in [-0.25, -0.2) is 13.0 Å². The van der Waals surface area contributed by atoms with Gasteiger partial charge in [0.25, 0.3) is 0 Å². The Bertz CT molecular complexity index is 1110. The summed E-state index contributed by atoms with van der Waals surface area (Å²) in [6, 6.07) is 14.3. The number of hydrogen-bond acceptors (Lipinski definition) is 6. The minimum Gasteiger partial charge on any atom is -0.349 e. The second kappa shape index (κ2) is 7.92. The zero-order valence-corrected chi connectivity index (χ0v) is 16.8. The van der Waals surface area contributed by atoms with E-state index in [-0.39, 0.29) is 28.9 Å². The average Bonchev–Trinajstić information content (AvgIpc) is 3.23. The van der Waals surface area contributed by atoms with Gasteiger partial charge >= 0.3 is 0 Å². The Balaban J connectivity index is 1.50. The first-order chi connectivity index (χ1) is 14.0. The lowest BCUT2D eigenvalue weighted by Gasteiger charge is -2.31. The van der Waals surface area contributed by atoms with Crippen LogP contribution < -0.4 is 5.32 Å². The van der Waals surface area contributed by atoms with Gasteiger partial charge in [-0.3, -0.25) is 4.79 Å². The van der Waals surface area contributed by atoms with Gasteiger partial charge in [-0.1, -0.05) is 36.4 Å². The van der Waals surface area contributed by atoms with Crippen LogP contribution in [-0.2, 0) is 14.8 Å². The van der Waals surface area contributed by atoms with E-state index < -0.39 is 15.9 Å². The second-order valence-electron chi connectivity index (χ2n) is 7.23. The van der Waals surface area contributed by atoms with Crippen molar-refractivity contribution in [3.05, 3.63) is 54.1 Å². The fourth-order valence-corrected chi connectivity index (χ4v) is 5.32. The minimum atomic E-state index is -3.81. The Hall–Kier alpha value is -2.78. The van der Waals surface area contributed by atoms with Crippen LogP contribution in [0.4, 0.5) is 0 Å². The van der Waals surface area contributed by atoms with E-state index in [2.05, 4.69) is 20.3 Å². The molecule has 1 N–H and O–H groups in total. The Morgan fingerprint density at radius 3 is 2.76 bits per heavy atom. The molecule has 1 aliphatic rings. The number of benzene rings is 2. The molecule has 2 aromatic carbocycles. The Morgan fingerprint density at radius 2 is 1.97 bits per heavy atom. The molecule has 8 nitrogen and oxygen atoms in total. The molecule has 2 atom stereocenters. The third-order valence-electron chi connectivity index (χ3n) is 5.28. The van der Waals surface area contributed by atoms with Crippen LogP contribution in [0, 0.1) is 5.92 Å². The lowest BCUT2D eigenvalue weighted by molar-refractivity contribution is -0.126. The van der Waals surface area contributed by atoms with Crippen LogP contribution >= 0.6 is 0 Å². The van der Waals surface area contributed by atoms with Crippen LogP contribution in [0.5, 0.6) is 0 Å². The van der Waals surface area contributed by atoms with Crippen LogP contribution in [0.3, 0.4) is 0 Å². The first-order valence-electron chi connectivity index (χ1n) is 9.53. The molecule has 0 bridgehead atoms. The van der Waals surface area contributed by atoms with E-state index in [1.807, 2.05) is 37.3 Å². The van der Waals surface area contributed by atoms with Gasteiger partial charge < -0.3 is 5.32 Å². The van der Waals surface area contributed by atoms with Crippen molar-refractivity contribution < 1.29 is 17.8 Å². The number of amides is 1. The summed E-state index contributed by atoms with van der Waals surface area (Å²) in [4.78, 5) is 12.8. The number of piperidine rings is 1. The van der Waals surface area contributed by atoms with Crippen molar-refractivity contribution in [2.75, 3.05) is 13.1 Å². The number of fused-ring (bicyclic) bond motifs is 1. The fraction of sp³-hybridized carbons (Fsp3) is 0.350. The summed E-state index contributed by atoms with van der Waals surface area (Å²) in [5, 5.41) is 10.5. The Labute approximate surface area is 168 Å². The van der Waals surface area contributed by atoms with E-state index in [1.54, 1.807) is 12.1 Å². The van der Waals surface area contributed by atoms with Crippen LogP contribution in [0.15, 0.2) is 58.1 Å². The van der Waals surface area contributed by atoms with E-state index in [0.29, 0.717) is 24.9 Å². The van der Waals surface area contributed by atoms with Gasteiger partial charge in [-0.05, 0) is 47.8 Å². The van der Waals surface area contributed by atoms with Crippen LogP contribution in [0.2, 0.25) is 0 Å². The number of aromatic nitrogens is 2. The van der Waals surface area contributed by atoms with Crippen molar-refractivity contribution in [1.29, 1.82) is 0 Å². The number of hydrogen-bond donors (Lipinski definition) is 1. The number of sulfonamides is 1. The van der Waals surface area contributed by atoms with Crippen molar-refractivity contribution in [3.63, 3.8) is 0 Å². The predicted octanol–water partition coefficient (Wildman–Crippen LogP) is 2.50. The van der Waals surface area contributed by atoms with Gasteiger partial charge in [0, 0.05) is 13.1 Å². The van der Waals surface area contributed by atoms with E-state index in [9.17, 15) is 13.2 Å². The fourth-order valence-electron chi connectivity index (χ4n) is 3.66. The van der Waals surface area contributed by atoms with Gasteiger partial charge in [0.2, 0.25) is 15.9 Å². The van der Waals surface area contributed by atoms with Crippen molar-refractivity contribution >= 4 is 27.0 Å². The summed E-state index contributed by atoms with van der Waals surface area (Å²) in [5.41, 5.74) is 1.59. The molecule has 29 heavy (non-hydrogen) atoms. The van der Waals surface area contributed by atoms with E-state index >= 15 is 0 Å². The Kier molecular flexibility index (Phi) is 5.33. The zero-order valence-electron chi connectivity index (χ0n) is 16.0. The van der Waals surface area contributed by atoms with Crippen molar-refractivity contribution in [2.24, 2.45) is 5.92 Å². The molecule has 1 amide bonds. The number of carbonyl (C=O) groups is 1. The average molecular weight is 414 g/mol. The largest absolute Gasteiger partial charge is 0.349 e. The smallest absolute Gasteiger partial charge is 0.245 e. The molecule has 0 unspecified atom stereocenters. The highest BCUT2D eigenvalue weighted by Crippen LogP contribution is 2.28. The molecule has 0 radical (unpaired) electrons. The normalized spacial score (nSPS) is 19.1. The van der Waals surface area contributed by atoms with Crippen LogP contribution in [0.25, 0.3) is 11.0 Å². The maximum Gasteiger partial charge on any atom is 0.245 e. The monoisotopic (exact) mass is 414 g/mol. The lowest BCUT2D eigenvalue weighted by Crippen LogP contribution is -2.45. The molecular weight excluding hydrogens is 392 g/mol. The highest BCUT2D eigenvalue weighted by molar-refractivity contribution is 7.89.